The molecule has 1 heterocycles. The molecule has 0 radical (unpaired) electrons. The summed E-state index contributed by atoms with van der Waals surface area (Å²) in [7, 11) is 1.74. The van der Waals surface area contributed by atoms with Gasteiger partial charge in [0.25, 0.3) is 0 Å². The zero-order chi connectivity index (χ0) is 12.1. The summed E-state index contributed by atoms with van der Waals surface area (Å²) in [5, 5.41) is 3.58. The molecule has 1 fully saturated rings. The minimum Gasteiger partial charge on any atom is -0.383 e. The number of hydrogen-bond acceptors (Lipinski definition) is 2. The van der Waals surface area contributed by atoms with E-state index in [1.165, 1.54) is 25.0 Å². The van der Waals surface area contributed by atoms with Crippen molar-refractivity contribution in [3.63, 3.8) is 0 Å². The molecular formula is C14H20FNO. The highest BCUT2D eigenvalue weighted by molar-refractivity contribution is 5.19. The molecule has 17 heavy (non-hydrogen) atoms. The second-order valence-electron chi connectivity index (χ2n) is 4.90. The van der Waals surface area contributed by atoms with Crippen molar-refractivity contribution in [2.75, 3.05) is 20.3 Å². The molecule has 0 spiro atoms. The summed E-state index contributed by atoms with van der Waals surface area (Å²) in [4.78, 5) is 0. The van der Waals surface area contributed by atoms with E-state index in [9.17, 15) is 4.39 Å². The first-order chi connectivity index (χ1) is 8.24. The predicted molar refractivity (Wildman–Crippen MR) is 66.6 cm³/mol. The van der Waals surface area contributed by atoms with Crippen LogP contribution in [0.5, 0.6) is 0 Å². The Hall–Kier alpha value is -0.930. The van der Waals surface area contributed by atoms with Crippen LogP contribution in [0.4, 0.5) is 4.39 Å². The Morgan fingerprint density at radius 3 is 2.65 bits per heavy atom. The van der Waals surface area contributed by atoms with Gasteiger partial charge in [0.15, 0.2) is 0 Å². The highest BCUT2D eigenvalue weighted by Crippen LogP contribution is 2.24. The Kier molecular flexibility index (Phi) is 4.13. The molecular weight excluding hydrogens is 217 g/mol. The van der Waals surface area contributed by atoms with Gasteiger partial charge < -0.3 is 10.1 Å². The van der Waals surface area contributed by atoms with Crippen LogP contribution in [0.3, 0.4) is 0 Å². The maximum atomic E-state index is 12.9. The molecule has 0 amide bonds. The van der Waals surface area contributed by atoms with Gasteiger partial charge in [-0.15, -0.1) is 0 Å². The fourth-order valence-electron chi connectivity index (χ4n) is 2.62. The van der Waals surface area contributed by atoms with Crippen LogP contribution in [0.25, 0.3) is 0 Å². The molecule has 1 atom stereocenters. The Bertz CT molecular complexity index is 338. The maximum absolute atomic E-state index is 12.9. The first-order valence-electron chi connectivity index (χ1n) is 6.23. The summed E-state index contributed by atoms with van der Waals surface area (Å²) in [6, 6.07) is 6.78. The van der Waals surface area contributed by atoms with E-state index < -0.39 is 0 Å². The number of halogens is 1. The van der Waals surface area contributed by atoms with Gasteiger partial charge in [-0.25, -0.2) is 4.39 Å². The van der Waals surface area contributed by atoms with E-state index in [1.807, 2.05) is 12.1 Å². The Labute approximate surface area is 102 Å². The standard InChI is InChI=1S/C14H20FNO/c1-17-11-14(8-2-3-9-16-14)10-12-4-6-13(15)7-5-12/h4-7,16H,2-3,8-11H2,1H3. The zero-order valence-electron chi connectivity index (χ0n) is 10.3. The third kappa shape index (κ3) is 3.27. The Morgan fingerprint density at radius 2 is 2.06 bits per heavy atom. The van der Waals surface area contributed by atoms with E-state index in [0.717, 1.165) is 24.9 Å². The quantitative estimate of drug-likeness (QED) is 0.869. The van der Waals surface area contributed by atoms with Crippen LogP contribution in [0, 0.1) is 5.82 Å². The van der Waals surface area contributed by atoms with Gasteiger partial charge in [-0.05, 0) is 43.5 Å². The lowest BCUT2D eigenvalue weighted by Gasteiger charge is -2.38. The average molecular weight is 237 g/mol. The third-order valence-electron chi connectivity index (χ3n) is 3.46. The van der Waals surface area contributed by atoms with E-state index in [4.69, 9.17) is 4.74 Å². The minimum absolute atomic E-state index is 0.0326. The van der Waals surface area contributed by atoms with Crippen molar-refractivity contribution < 1.29 is 9.13 Å². The van der Waals surface area contributed by atoms with E-state index in [-0.39, 0.29) is 11.4 Å². The molecule has 3 heteroatoms. The second-order valence-corrected chi connectivity index (χ2v) is 4.90. The van der Waals surface area contributed by atoms with E-state index in [1.54, 1.807) is 7.11 Å². The first kappa shape index (κ1) is 12.5. The van der Waals surface area contributed by atoms with Crippen LogP contribution < -0.4 is 5.32 Å². The summed E-state index contributed by atoms with van der Waals surface area (Å²) in [5.41, 5.74) is 1.20. The maximum Gasteiger partial charge on any atom is 0.123 e. The van der Waals surface area contributed by atoms with Gasteiger partial charge in [0.1, 0.15) is 5.82 Å². The normalized spacial score (nSPS) is 24.8. The van der Waals surface area contributed by atoms with Gasteiger partial charge in [0, 0.05) is 12.6 Å². The summed E-state index contributed by atoms with van der Waals surface area (Å²) < 4.78 is 18.2. The van der Waals surface area contributed by atoms with Gasteiger partial charge in [-0.3, -0.25) is 0 Å². The minimum atomic E-state index is -0.175. The number of nitrogens with one attached hydrogen (secondary N) is 1. The van der Waals surface area contributed by atoms with Gasteiger partial charge in [0.05, 0.1) is 6.61 Å². The molecule has 1 saturated heterocycles. The predicted octanol–water partition coefficient (Wildman–Crippen LogP) is 2.53. The lowest BCUT2D eigenvalue weighted by molar-refractivity contribution is 0.0894. The molecule has 1 aliphatic rings. The van der Waals surface area contributed by atoms with Gasteiger partial charge in [-0.2, -0.15) is 0 Å². The smallest absolute Gasteiger partial charge is 0.123 e. The van der Waals surface area contributed by atoms with Crippen molar-refractivity contribution in [2.45, 2.75) is 31.2 Å². The summed E-state index contributed by atoms with van der Waals surface area (Å²) in [5.74, 6) is -0.175. The number of piperidine rings is 1. The molecule has 0 saturated carbocycles. The molecule has 0 bridgehead atoms. The molecule has 1 aromatic rings. The fraction of sp³-hybridized carbons (Fsp3) is 0.571. The van der Waals surface area contributed by atoms with Gasteiger partial charge >= 0.3 is 0 Å². The van der Waals surface area contributed by atoms with Crippen molar-refractivity contribution in [3.05, 3.63) is 35.6 Å². The van der Waals surface area contributed by atoms with Crippen LogP contribution in [0.15, 0.2) is 24.3 Å². The van der Waals surface area contributed by atoms with E-state index in [2.05, 4.69) is 5.32 Å². The molecule has 1 N–H and O–H groups in total. The molecule has 1 aromatic carbocycles. The Balaban J connectivity index is 2.08. The number of hydrogen-bond donors (Lipinski definition) is 1. The van der Waals surface area contributed by atoms with Crippen molar-refractivity contribution in [3.8, 4) is 0 Å². The van der Waals surface area contributed by atoms with Gasteiger partial charge in [0.2, 0.25) is 0 Å². The summed E-state index contributed by atoms with van der Waals surface area (Å²) in [6.45, 7) is 1.76. The van der Waals surface area contributed by atoms with Gasteiger partial charge in [-0.1, -0.05) is 18.6 Å². The molecule has 0 aliphatic carbocycles. The van der Waals surface area contributed by atoms with Crippen LogP contribution in [0.1, 0.15) is 24.8 Å². The highest BCUT2D eigenvalue weighted by Gasteiger charge is 2.31. The monoisotopic (exact) mass is 237 g/mol. The highest BCUT2D eigenvalue weighted by atomic mass is 19.1. The number of ether oxygens (including phenoxy) is 1. The largest absolute Gasteiger partial charge is 0.383 e. The topological polar surface area (TPSA) is 21.3 Å². The fourth-order valence-corrected chi connectivity index (χ4v) is 2.62. The second kappa shape index (κ2) is 5.61. The molecule has 94 valence electrons. The average Bonchev–Trinajstić information content (AvgIpc) is 2.34. The van der Waals surface area contributed by atoms with Crippen molar-refractivity contribution in [1.82, 2.24) is 5.32 Å². The number of methoxy groups -OCH3 is 1. The molecule has 2 nitrogen and oxygen atoms in total. The summed E-state index contributed by atoms with van der Waals surface area (Å²) >= 11 is 0. The molecule has 2 rings (SSSR count). The number of benzene rings is 1. The first-order valence-corrected chi connectivity index (χ1v) is 6.23. The van der Waals surface area contributed by atoms with E-state index >= 15 is 0 Å². The van der Waals surface area contributed by atoms with Crippen molar-refractivity contribution in [2.24, 2.45) is 0 Å². The molecule has 0 aromatic heterocycles. The molecule has 1 aliphatic heterocycles. The Morgan fingerprint density at radius 1 is 1.29 bits per heavy atom. The van der Waals surface area contributed by atoms with Crippen LogP contribution in [-0.4, -0.2) is 25.8 Å². The lowest BCUT2D eigenvalue weighted by atomic mass is 9.84. The van der Waals surface area contributed by atoms with Crippen LogP contribution in [0.2, 0.25) is 0 Å². The van der Waals surface area contributed by atoms with Crippen molar-refractivity contribution in [1.29, 1.82) is 0 Å². The lowest BCUT2D eigenvalue weighted by Crippen LogP contribution is -2.53. The van der Waals surface area contributed by atoms with Crippen LogP contribution >= 0.6 is 0 Å². The summed E-state index contributed by atoms with van der Waals surface area (Å²) in [6.07, 6.45) is 4.49. The van der Waals surface area contributed by atoms with Crippen molar-refractivity contribution >= 4 is 0 Å². The number of rotatable bonds is 4. The third-order valence-corrected chi connectivity index (χ3v) is 3.46. The zero-order valence-corrected chi connectivity index (χ0v) is 10.3. The SMILES string of the molecule is COCC1(Cc2ccc(F)cc2)CCCCN1. The van der Waals surface area contributed by atoms with Crippen LogP contribution in [-0.2, 0) is 11.2 Å². The molecule has 1 unspecified atom stereocenters. The van der Waals surface area contributed by atoms with E-state index in [0.29, 0.717) is 6.61 Å².